The van der Waals surface area contributed by atoms with E-state index in [2.05, 4.69) is 22.0 Å². The molecule has 1 aromatic rings. The molecule has 0 amide bonds. The molecular formula is C10H12BrNO. The summed E-state index contributed by atoms with van der Waals surface area (Å²) in [5.41, 5.74) is 6.96. The van der Waals surface area contributed by atoms with Crippen LogP contribution in [0.25, 0.3) is 0 Å². The van der Waals surface area contributed by atoms with Crippen LogP contribution in [0.5, 0.6) is 5.75 Å². The van der Waals surface area contributed by atoms with Crippen molar-refractivity contribution in [3.05, 3.63) is 28.2 Å². The SMILES string of the molecule is CC1(N)COc2c(Br)cccc2C1. The number of hydrogen-bond acceptors (Lipinski definition) is 2. The van der Waals surface area contributed by atoms with Crippen molar-refractivity contribution in [1.82, 2.24) is 0 Å². The summed E-state index contributed by atoms with van der Waals surface area (Å²) in [6.07, 6.45) is 0.877. The molecule has 0 bridgehead atoms. The van der Waals surface area contributed by atoms with Crippen LogP contribution in [0.1, 0.15) is 12.5 Å². The van der Waals surface area contributed by atoms with Crippen LogP contribution >= 0.6 is 15.9 Å². The van der Waals surface area contributed by atoms with Crippen molar-refractivity contribution in [2.75, 3.05) is 6.61 Å². The molecule has 2 rings (SSSR count). The van der Waals surface area contributed by atoms with Gasteiger partial charge in [-0.1, -0.05) is 12.1 Å². The zero-order valence-corrected chi connectivity index (χ0v) is 9.10. The Morgan fingerprint density at radius 2 is 2.31 bits per heavy atom. The zero-order chi connectivity index (χ0) is 9.47. The highest BCUT2D eigenvalue weighted by Crippen LogP contribution is 2.34. The molecular weight excluding hydrogens is 230 g/mol. The smallest absolute Gasteiger partial charge is 0.136 e. The molecule has 0 saturated carbocycles. The highest BCUT2D eigenvalue weighted by molar-refractivity contribution is 9.10. The van der Waals surface area contributed by atoms with E-state index in [4.69, 9.17) is 10.5 Å². The van der Waals surface area contributed by atoms with Crippen LogP contribution < -0.4 is 10.5 Å². The first-order valence-electron chi connectivity index (χ1n) is 4.28. The van der Waals surface area contributed by atoms with Crippen LogP contribution in [-0.2, 0) is 6.42 Å². The third kappa shape index (κ3) is 1.71. The Bertz CT molecular complexity index is 336. The minimum atomic E-state index is -0.228. The lowest BCUT2D eigenvalue weighted by Crippen LogP contribution is -2.47. The zero-order valence-electron chi connectivity index (χ0n) is 7.51. The molecule has 0 saturated heterocycles. The van der Waals surface area contributed by atoms with Gasteiger partial charge in [0.2, 0.25) is 0 Å². The maximum absolute atomic E-state index is 6.00. The Kier molecular flexibility index (Phi) is 2.08. The van der Waals surface area contributed by atoms with E-state index < -0.39 is 0 Å². The maximum atomic E-state index is 6.00. The van der Waals surface area contributed by atoms with E-state index in [1.54, 1.807) is 0 Å². The molecule has 0 spiro atoms. The molecule has 2 nitrogen and oxygen atoms in total. The molecule has 1 heterocycles. The van der Waals surface area contributed by atoms with Crippen LogP contribution in [0.15, 0.2) is 22.7 Å². The molecule has 1 aromatic carbocycles. The fraction of sp³-hybridized carbons (Fsp3) is 0.400. The van der Waals surface area contributed by atoms with E-state index in [1.165, 1.54) is 5.56 Å². The van der Waals surface area contributed by atoms with Gasteiger partial charge in [-0.05, 0) is 40.9 Å². The molecule has 1 atom stereocenters. The number of fused-ring (bicyclic) bond motifs is 1. The number of hydrogen-bond donors (Lipinski definition) is 1. The largest absolute Gasteiger partial charge is 0.490 e. The monoisotopic (exact) mass is 241 g/mol. The van der Waals surface area contributed by atoms with Gasteiger partial charge in [0.15, 0.2) is 0 Å². The van der Waals surface area contributed by atoms with Crippen molar-refractivity contribution in [3.63, 3.8) is 0 Å². The van der Waals surface area contributed by atoms with Crippen molar-refractivity contribution >= 4 is 15.9 Å². The lowest BCUT2D eigenvalue weighted by atomic mass is 9.92. The number of para-hydroxylation sites is 1. The summed E-state index contributed by atoms with van der Waals surface area (Å²) in [7, 11) is 0. The third-order valence-corrected chi connectivity index (χ3v) is 2.81. The first-order valence-corrected chi connectivity index (χ1v) is 5.07. The van der Waals surface area contributed by atoms with Crippen LogP contribution in [0.3, 0.4) is 0 Å². The molecule has 2 N–H and O–H groups in total. The summed E-state index contributed by atoms with van der Waals surface area (Å²) in [5, 5.41) is 0. The first-order chi connectivity index (χ1) is 6.08. The van der Waals surface area contributed by atoms with E-state index in [9.17, 15) is 0 Å². The molecule has 1 unspecified atom stereocenters. The normalized spacial score (nSPS) is 26.4. The van der Waals surface area contributed by atoms with Crippen molar-refractivity contribution < 1.29 is 4.74 Å². The molecule has 0 radical (unpaired) electrons. The van der Waals surface area contributed by atoms with Gasteiger partial charge in [0.1, 0.15) is 12.4 Å². The molecule has 0 aliphatic carbocycles. The maximum Gasteiger partial charge on any atom is 0.136 e. The lowest BCUT2D eigenvalue weighted by molar-refractivity contribution is 0.203. The second-order valence-corrected chi connectivity index (χ2v) is 4.70. The molecule has 70 valence electrons. The van der Waals surface area contributed by atoms with E-state index in [1.807, 2.05) is 19.1 Å². The average molecular weight is 242 g/mol. The van der Waals surface area contributed by atoms with Gasteiger partial charge in [0.05, 0.1) is 10.0 Å². The van der Waals surface area contributed by atoms with Crippen LogP contribution in [0.2, 0.25) is 0 Å². The van der Waals surface area contributed by atoms with Crippen LogP contribution in [0, 0.1) is 0 Å². The lowest BCUT2D eigenvalue weighted by Gasteiger charge is -2.31. The predicted octanol–water partition coefficient (Wildman–Crippen LogP) is 2.10. The van der Waals surface area contributed by atoms with Crippen molar-refractivity contribution in [2.45, 2.75) is 18.9 Å². The second kappa shape index (κ2) is 3.00. The number of halogens is 1. The van der Waals surface area contributed by atoms with E-state index in [0.29, 0.717) is 6.61 Å². The predicted molar refractivity (Wildman–Crippen MR) is 55.9 cm³/mol. The molecule has 0 fully saturated rings. The van der Waals surface area contributed by atoms with Gasteiger partial charge in [-0.3, -0.25) is 0 Å². The van der Waals surface area contributed by atoms with Crippen LogP contribution in [0.4, 0.5) is 0 Å². The summed E-state index contributed by atoms with van der Waals surface area (Å²) in [6, 6.07) is 6.05. The van der Waals surface area contributed by atoms with Gasteiger partial charge in [0, 0.05) is 0 Å². The van der Waals surface area contributed by atoms with E-state index >= 15 is 0 Å². The minimum Gasteiger partial charge on any atom is -0.490 e. The quantitative estimate of drug-likeness (QED) is 0.756. The van der Waals surface area contributed by atoms with Gasteiger partial charge in [-0.2, -0.15) is 0 Å². The Labute approximate surface area is 86.2 Å². The minimum absolute atomic E-state index is 0.228. The summed E-state index contributed by atoms with van der Waals surface area (Å²) >= 11 is 3.45. The highest BCUT2D eigenvalue weighted by atomic mass is 79.9. The number of nitrogens with two attached hydrogens (primary N) is 1. The summed E-state index contributed by atoms with van der Waals surface area (Å²) < 4.78 is 6.61. The summed E-state index contributed by atoms with van der Waals surface area (Å²) in [6.45, 7) is 2.60. The van der Waals surface area contributed by atoms with E-state index in [0.717, 1.165) is 16.6 Å². The Morgan fingerprint density at radius 1 is 1.54 bits per heavy atom. The number of benzene rings is 1. The third-order valence-electron chi connectivity index (χ3n) is 2.19. The Hall–Kier alpha value is -0.540. The van der Waals surface area contributed by atoms with Gasteiger partial charge in [0.25, 0.3) is 0 Å². The first kappa shape index (κ1) is 9.03. The van der Waals surface area contributed by atoms with Crippen molar-refractivity contribution in [1.29, 1.82) is 0 Å². The highest BCUT2D eigenvalue weighted by Gasteiger charge is 2.27. The van der Waals surface area contributed by atoms with E-state index in [-0.39, 0.29) is 5.54 Å². The standard InChI is InChI=1S/C10H12BrNO/c1-10(12)5-7-3-2-4-8(11)9(7)13-6-10/h2-4H,5-6,12H2,1H3. The second-order valence-electron chi connectivity index (χ2n) is 3.85. The van der Waals surface area contributed by atoms with Gasteiger partial charge in [-0.25, -0.2) is 0 Å². The Balaban J connectivity index is 2.42. The Morgan fingerprint density at radius 3 is 3.08 bits per heavy atom. The van der Waals surface area contributed by atoms with Gasteiger partial charge in [-0.15, -0.1) is 0 Å². The number of rotatable bonds is 0. The van der Waals surface area contributed by atoms with Crippen molar-refractivity contribution in [3.8, 4) is 5.75 Å². The fourth-order valence-corrected chi connectivity index (χ4v) is 2.10. The molecule has 1 aliphatic rings. The van der Waals surface area contributed by atoms with Crippen LogP contribution in [-0.4, -0.2) is 12.1 Å². The molecule has 1 aliphatic heterocycles. The average Bonchev–Trinajstić information content (AvgIpc) is 2.02. The van der Waals surface area contributed by atoms with Gasteiger partial charge < -0.3 is 10.5 Å². The van der Waals surface area contributed by atoms with Gasteiger partial charge >= 0.3 is 0 Å². The summed E-state index contributed by atoms with van der Waals surface area (Å²) in [4.78, 5) is 0. The molecule has 3 heteroatoms. The van der Waals surface area contributed by atoms with Crippen molar-refractivity contribution in [2.24, 2.45) is 5.73 Å². The topological polar surface area (TPSA) is 35.2 Å². The number of ether oxygens (including phenoxy) is 1. The fourth-order valence-electron chi connectivity index (χ4n) is 1.58. The molecule has 13 heavy (non-hydrogen) atoms. The molecule has 0 aromatic heterocycles. The summed E-state index contributed by atoms with van der Waals surface area (Å²) in [5.74, 6) is 0.949.